The number of rotatable bonds is 5. The Morgan fingerprint density at radius 3 is 2.71 bits per heavy atom. The number of nitrogens with zero attached hydrogens (tertiary/aromatic N) is 1. The molecule has 1 N–H and O–H groups in total. The molecular weight excluding hydrogens is 264 g/mol. The summed E-state index contributed by atoms with van der Waals surface area (Å²) in [6.45, 7) is 11.5. The Hall–Kier alpha value is -1.13. The van der Waals surface area contributed by atoms with Crippen LogP contribution >= 0.6 is 0 Å². The van der Waals surface area contributed by atoms with Crippen molar-refractivity contribution in [1.29, 1.82) is 0 Å². The van der Waals surface area contributed by atoms with E-state index < -0.39 is 0 Å². The number of hydrogen-bond acceptors (Lipinski definition) is 3. The van der Waals surface area contributed by atoms with E-state index in [4.69, 9.17) is 4.74 Å². The fraction of sp³-hybridized carbons (Fsp3) is 0.706. The molecule has 1 aromatic heterocycles. The van der Waals surface area contributed by atoms with Gasteiger partial charge in [0.2, 0.25) is 0 Å². The first-order valence-electron chi connectivity index (χ1n) is 7.99. The zero-order valence-corrected chi connectivity index (χ0v) is 13.7. The fourth-order valence-electron chi connectivity index (χ4n) is 2.85. The molecule has 1 aliphatic heterocycles. The van der Waals surface area contributed by atoms with Crippen LogP contribution in [0, 0.1) is 0 Å². The van der Waals surface area contributed by atoms with Gasteiger partial charge in [-0.05, 0) is 25.5 Å². The quantitative estimate of drug-likeness (QED) is 0.906. The SMILES string of the molecule is CCNCc1ccc(C(C)(C)C)n(CC2CCCO2)c1=O. The summed E-state index contributed by atoms with van der Waals surface area (Å²) in [6, 6.07) is 4.07. The van der Waals surface area contributed by atoms with E-state index in [2.05, 4.69) is 39.1 Å². The van der Waals surface area contributed by atoms with Gasteiger partial charge in [0.25, 0.3) is 5.56 Å². The van der Waals surface area contributed by atoms with Crippen molar-refractivity contribution in [2.24, 2.45) is 0 Å². The van der Waals surface area contributed by atoms with Crippen LogP contribution in [0.3, 0.4) is 0 Å². The van der Waals surface area contributed by atoms with Crippen molar-refractivity contribution in [3.05, 3.63) is 33.7 Å². The molecule has 0 radical (unpaired) electrons. The minimum absolute atomic E-state index is 0.0471. The van der Waals surface area contributed by atoms with Crippen LogP contribution < -0.4 is 10.9 Å². The Kier molecular flexibility index (Phi) is 5.22. The normalized spacial score (nSPS) is 19.1. The van der Waals surface area contributed by atoms with Gasteiger partial charge in [-0.1, -0.05) is 33.8 Å². The monoisotopic (exact) mass is 292 g/mol. The Labute approximate surface area is 127 Å². The van der Waals surface area contributed by atoms with Crippen LogP contribution in [0.5, 0.6) is 0 Å². The molecule has 0 aromatic carbocycles. The summed E-state index contributed by atoms with van der Waals surface area (Å²) in [4.78, 5) is 12.8. The van der Waals surface area contributed by atoms with Gasteiger partial charge in [0.1, 0.15) is 0 Å². The first kappa shape index (κ1) is 16.2. The van der Waals surface area contributed by atoms with Gasteiger partial charge in [0.05, 0.1) is 12.6 Å². The van der Waals surface area contributed by atoms with Gasteiger partial charge in [-0.3, -0.25) is 4.79 Å². The van der Waals surface area contributed by atoms with Gasteiger partial charge in [-0.2, -0.15) is 0 Å². The molecule has 1 fully saturated rings. The van der Waals surface area contributed by atoms with Gasteiger partial charge >= 0.3 is 0 Å². The van der Waals surface area contributed by atoms with Crippen LogP contribution in [-0.4, -0.2) is 23.8 Å². The lowest BCUT2D eigenvalue weighted by molar-refractivity contribution is 0.0946. The molecule has 2 rings (SSSR count). The van der Waals surface area contributed by atoms with E-state index >= 15 is 0 Å². The summed E-state index contributed by atoms with van der Waals surface area (Å²) >= 11 is 0. The van der Waals surface area contributed by atoms with Crippen LogP contribution in [0.2, 0.25) is 0 Å². The highest BCUT2D eigenvalue weighted by Crippen LogP contribution is 2.23. The number of nitrogens with one attached hydrogen (secondary N) is 1. The molecule has 0 spiro atoms. The standard InChI is InChI=1S/C17H28N2O2/c1-5-18-11-13-8-9-15(17(2,3)4)19(16(13)20)12-14-7-6-10-21-14/h8-9,14,18H,5-7,10-12H2,1-4H3. The molecule has 0 amide bonds. The predicted molar refractivity (Wildman–Crippen MR) is 85.8 cm³/mol. The van der Waals surface area contributed by atoms with Gasteiger partial charge in [-0.15, -0.1) is 0 Å². The van der Waals surface area contributed by atoms with Crippen LogP contribution in [0.15, 0.2) is 16.9 Å². The molecule has 1 aromatic rings. The minimum Gasteiger partial charge on any atom is -0.376 e. The molecule has 1 aliphatic rings. The molecule has 0 bridgehead atoms. The highest BCUT2D eigenvalue weighted by atomic mass is 16.5. The van der Waals surface area contributed by atoms with Crippen LogP contribution in [0.1, 0.15) is 51.8 Å². The summed E-state index contributed by atoms with van der Waals surface area (Å²) in [5, 5.41) is 3.24. The molecule has 2 heterocycles. The summed E-state index contributed by atoms with van der Waals surface area (Å²) in [6.07, 6.45) is 2.33. The maximum atomic E-state index is 12.8. The molecule has 4 heteroatoms. The highest BCUT2D eigenvalue weighted by molar-refractivity contribution is 5.21. The molecule has 1 saturated heterocycles. The van der Waals surface area contributed by atoms with Crippen molar-refractivity contribution in [2.45, 2.75) is 65.1 Å². The summed E-state index contributed by atoms with van der Waals surface area (Å²) in [7, 11) is 0. The fourth-order valence-corrected chi connectivity index (χ4v) is 2.85. The van der Waals surface area contributed by atoms with Crippen LogP contribution in [0.25, 0.3) is 0 Å². The van der Waals surface area contributed by atoms with Crippen LogP contribution in [-0.2, 0) is 23.2 Å². The van der Waals surface area contributed by atoms with E-state index in [0.717, 1.165) is 37.3 Å². The van der Waals surface area contributed by atoms with Gasteiger partial charge < -0.3 is 14.6 Å². The third-order valence-corrected chi connectivity index (χ3v) is 4.00. The summed E-state index contributed by atoms with van der Waals surface area (Å²) < 4.78 is 7.66. The summed E-state index contributed by atoms with van der Waals surface area (Å²) in [5.74, 6) is 0. The zero-order chi connectivity index (χ0) is 15.5. The lowest BCUT2D eigenvalue weighted by atomic mass is 9.90. The highest BCUT2D eigenvalue weighted by Gasteiger charge is 2.24. The van der Waals surface area contributed by atoms with Crippen molar-refractivity contribution in [3.63, 3.8) is 0 Å². The van der Waals surface area contributed by atoms with E-state index in [-0.39, 0.29) is 17.1 Å². The molecular formula is C17H28N2O2. The minimum atomic E-state index is -0.0471. The number of pyridine rings is 1. The molecule has 0 saturated carbocycles. The first-order valence-corrected chi connectivity index (χ1v) is 7.99. The second-order valence-corrected chi connectivity index (χ2v) is 6.82. The lowest BCUT2D eigenvalue weighted by Gasteiger charge is -2.26. The maximum absolute atomic E-state index is 12.8. The van der Waals surface area contributed by atoms with Crippen molar-refractivity contribution in [2.75, 3.05) is 13.2 Å². The number of aromatic nitrogens is 1. The molecule has 118 valence electrons. The van der Waals surface area contributed by atoms with Crippen molar-refractivity contribution >= 4 is 0 Å². The van der Waals surface area contributed by atoms with Gasteiger partial charge in [-0.25, -0.2) is 0 Å². The molecule has 21 heavy (non-hydrogen) atoms. The molecule has 1 atom stereocenters. The number of ether oxygens (including phenoxy) is 1. The van der Waals surface area contributed by atoms with Gasteiger partial charge in [0, 0.05) is 29.8 Å². The van der Waals surface area contributed by atoms with E-state index in [9.17, 15) is 4.79 Å². The van der Waals surface area contributed by atoms with Crippen molar-refractivity contribution < 1.29 is 4.74 Å². The van der Waals surface area contributed by atoms with E-state index in [1.54, 1.807) is 0 Å². The summed E-state index contributed by atoms with van der Waals surface area (Å²) in [5.41, 5.74) is 2.00. The largest absolute Gasteiger partial charge is 0.376 e. The Balaban J connectivity index is 2.37. The predicted octanol–water partition coefficient (Wildman–Crippen LogP) is 2.43. The third kappa shape index (κ3) is 3.95. The molecule has 1 unspecified atom stereocenters. The number of hydrogen-bond donors (Lipinski definition) is 1. The lowest BCUT2D eigenvalue weighted by Crippen LogP contribution is -2.36. The van der Waals surface area contributed by atoms with E-state index in [0.29, 0.717) is 13.1 Å². The van der Waals surface area contributed by atoms with Crippen LogP contribution in [0.4, 0.5) is 0 Å². The average molecular weight is 292 g/mol. The zero-order valence-electron chi connectivity index (χ0n) is 13.7. The van der Waals surface area contributed by atoms with E-state index in [1.165, 1.54) is 0 Å². The molecule has 4 nitrogen and oxygen atoms in total. The second-order valence-electron chi connectivity index (χ2n) is 6.82. The molecule has 0 aliphatic carbocycles. The Bertz CT molecular complexity index is 523. The third-order valence-electron chi connectivity index (χ3n) is 4.00. The Morgan fingerprint density at radius 2 is 2.14 bits per heavy atom. The van der Waals surface area contributed by atoms with Gasteiger partial charge in [0.15, 0.2) is 0 Å². The maximum Gasteiger partial charge on any atom is 0.255 e. The van der Waals surface area contributed by atoms with Crippen molar-refractivity contribution in [3.8, 4) is 0 Å². The smallest absolute Gasteiger partial charge is 0.255 e. The first-order chi connectivity index (χ1) is 9.93. The second kappa shape index (κ2) is 6.75. The van der Waals surface area contributed by atoms with E-state index in [1.807, 2.05) is 10.6 Å². The topological polar surface area (TPSA) is 43.3 Å². The van der Waals surface area contributed by atoms with Crippen molar-refractivity contribution in [1.82, 2.24) is 9.88 Å². The average Bonchev–Trinajstić information content (AvgIpc) is 2.91. The Morgan fingerprint density at radius 1 is 1.38 bits per heavy atom.